The second-order valence-electron chi connectivity index (χ2n) is 4.52. The molecule has 7 heteroatoms. The molecule has 1 heterocycles. The minimum absolute atomic E-state index is 0.0739. The Morgan fingerprint density at radius 2 is 2.14 bits per heavy atom. The Morgan fingerprint density at radius 3 is 2.86 bits per heavy atom. The Balaban J connectivity index is 1.82. The molecule has 1 amide bonds. The van der Waals surface area contributed by atoms with Crippen LogP contribution in [0.2, 0.25) is 0 Å². The fraction of sp³-hybridized carbons (Fsp3) is 0.200. The van der Waals surface area contributed by atoms with E-state index >= 15 is 0 Å². The summed E-state index contributed by atoms with van der Waals surface area (Å²) in [7, 11) is 0. The number of rotatable bonds is 6. The third-order valence-electron chi connectivity index (χ3n) is 2.83. The van der Waals surface area contributed by atoms with E-state index in [4.69, 9.17) is 17.0 Å². The molecular weight excluding hydrogens is 368 g/mol. The van der Waals surface area contributed by atoms with Gasteiger partial charge in [-0.1, -0.05) is 24.4 Å². The van der Waals surface area contributed by atoms with Crippen LogP contribution in [0.5, 0.6) is 5.75 Å². The van der Waals surface area contributed by atoms with Crippen LogP contribution in [0.25, 0.3) is 0 Å². The molecule has 2 rings (SSSR count). The third kappa shape index (κ3) is 4.66. The lowest BCUT2D eigenvalue weighted by atomic mass is 10.2. The number of aromatic amines is 1. The number of aliphatic hydroxyl groups is 1. The van der Waals surface area contributed by atoms with Crippen LogP contribution in [0.4, 0.5) is 0 Å². The van der Waals surface area contributed by atoms with E-state index < -0.39 is 6.10 Å². The number of hydrogen-bond donors (Lipinski definition) is 3. The van der Waals surface area contributed by atoms with Gasteiger partial charge in [0.2, 0.25) is 0 Å². The number of amides is 1. The zero-order valence-corrected chi connectivity index (χ0v) is 14.0. The van der Waals surface area contributed by atoms with Crippen molar-refractivity contribution in [2.24, 2.45) is 0 Å². The molecule has 1 aromatic heterocycles. The van der Waals surface area contributed by atoms with Gasteiger partial charge in [0.05, 0.1) is 10.0 Å². The Hall–Kier alpha value is -1.70. The summed E-state index contributed by atoms with van der Waals surface area (Å²) in [5.41, 5.74) is 0.372. The molecule has 0 aliphatic carbocycles. The van der Waals surface area contributed by atoms with Crippen LogP contribution in [0.1, 0.15) is 10.4 Å². The molecule has 0 aliphatic heterocycles. The topological polar surface area (TPSA) is 74.3 Å². The third-order valence-corrected chi connectivity index (χ3v) is 3.82. The first-order chi connectivity index (χ1) is 10.6. The summed E-state index contributed by atoms with van der Waals surface area (Å²) in [6.07, 6.45) is 0.830. The van der Waals surface area contributed by atoms with Gasteiger partial charge in [-0.15, -0.1) is 0 Å². The number of carbonyl (C=O) groups is 1. The van der Waals surface area contributed by atoms with E-state index in [9.17, 15) is 9.90 Å². The summed E-state index contributed by atoms with van der Waals surface area (Å²) in [5.74, 6) is 0.306. The van der Waals surface area contributed by atoms with Crippen LogP contribution in [0, 0.1) is 4.64 Å². The maximum atomic E-state index is 11.9. The molecule has 0 saturated heterocycles. The van der Waals surface area contributed by atoms with Crippen molar-refractivity contribution in [3.05, 3.63) is 57.3 Å². The summed E-state index contributed by atoms with van der Waals surface area (Å²) < 4.78 is 6.65. The first-order valence-electron chi connectivity index (χ1n) is 6.59. The minimum atomic E-state index is -0.822. The Bertz CT molecular complexity index is 705. The largest absolute Gasteiger partial charge is 0.490 e. The van der Waals surface area contributed by atoms with Gasteiger partial charge in [-0.3, -0.25) is 4.79 Å². The SMILES string of the molecule is O=C(NC[C@H](O)COc1ccccc1Br)c1ccc[nH]c1=S. The summed E-state index contributed by atoms with van der Waals surface area (Å²) >= 11 is 8.38. The van der Waals surface area contributed by atoms with Crippen molar-refractivity contribution in [1.29, 1.82) is 0 Å². The predicted molar refractivity (Wildman–Crippen MR) is 89.6 cm³/mol. The number of H-pyrrole nitrogens is 1. The van der Waals surface area contributed by atoms with Crippen molar-refractivity contribution < 1.29 is 14.6 Å². The number of pyridine rings is 1. The van der Waals surface area contributed by atoms with E-state index in [2.05, 4.69) is 26.2 Å². The van der Waals surface area contributed by atoms with E-state index in [0.717, 1.165) is 4.47 Å². The molecule has 0 bridgehead atoms. The molecule has 116 valence electrons. The fourth-order valence-electron chi connectivity index (χ4n) is 1.71. The standard InChI is InChI=1S/C15H15BrN2O3S/c16-12-5-1-2-6-13(12)21-9-10(19)8-18-14(20)11-4-3-7-17-15(11)22/h1-7,10,19H,8-9H2,(H,17,22)(H,18,20)/t10-/m0/s1. The van der Waals surface area contributed by atoms with Crippen LogP contribution in [-0.4, -0.2) is 35.3 Å². The average Bonchev–Trinajstić information content (AvgIpc) is 2.52. The van der Waals surface area contributed by atoms with E-state index in [1.165, 1.54) is 0 Å². The van der Waals surface area contributed by atoms with Gasteiger partial charge in [-0.05, 0) is 40.2 Å². The van der Waals surface area contributed by atoms with Crippen molar-refractivity contribution in [2.75, 3.05) is 13.2 Å². The molecule has 1 atom stereocenters. The monoisotopic (exact) mass is 382 g/mol. The molecule has 5 nitrogen and oxygen atoms in total. The van der Waals surface area contributed by atoms with Crippen LogP contribution < -0.4 is 10.1 Å². The molecule has 0 unspecified atom stereocenters. The number of carbonyl (C=O) groups excluding carboxylic acids is 1. The van der Waals surface area contributed by atoms with Crippen molar-refractivity contribution in [3.8, 4) is 5.75 Å². The van der Waals surface area contributed by atoms with Gasteiger partial charge < -0.3 is 20.1 Å². The van der Waals surface area contributed by atoms with Gasteiger partial charge in [0.25, 0.3) is 5.91 Å². The maximum absolute atomic E-state index is 11.9. The lowest BCUT2D eigenvalue weighted by molar-refractivity contribution is 0.0842. The van der Waals surface area contributed by atoms with Gasteiger partial charge >= 0.3 is 0 Å². The molecular formula is C15H15BrN2O3S. The summed E-state index contributed by atoms with van der Waals surface area (Å²) in [6, 6.07) is 10.7. The fourth-order valence-corrected chi connectivity index (χ4v) is 2.34. The van der Waals surface area contributed by atoms with Crippen molar-refractivity contribution in [2.45, 2.75) is 6.10 Å². The van der Waals surface area contributed by atoms with Crippen molar-refractivity contribution in [1.82, 2.24) is 10.3 Å². The Morgan fingerprint density at radius 1 is 1.36 bits per heavy atom. The zero-order valence-electron chi connectivity index (χ0n) is 11.6. The number of nitrogens with one attached hydrogen (secondary N) is 2. The van der Waals surface area contributed by atoms with Crippen LogP contribution in [0.15, 0.2) is 47.1 Å². The Labute approximate surface area is 141 Å². The van der Waals surface area contributed by atoms with Crippen LogP contribution in [0.3, 0.4) is 0 Å². The number of halogens is 1. The van der Waals surface area contributed by atoms with Gasteiger partial charge in [0, 0.05) is 12.7 Å². The lowest BCUT2D eigenvalue weighted by Gasteiger charge is -2.14. The van der Waals surface area contributed by atoms with Gasteiger partial charge in [0.15, 0.2) is 0 Å². The first-order valence-corrected chi connectivity index (χ1v) is 7.79. The lowest BCUT2D eigenvalue weighted by Crippen LogP contribution is -2.35. The number of aliphatic hydroxyl groups excluding tert-OH is 1. The van der Waals surface area contributed by atoms with Gasteiger partial charge in [0.1, 0.15) is 23.1 Å². The normalized spacial score (nSPS) is 11.7. The number of hydrogen-bond acceptors (Lipinski definition) is 4. The molecule has 3 N–H and O–H groups in total. The highest BCUT2D eigenvalue weighted by Crippen LogP contribution is 2.23. The Kier molecular flexibility index (Phi) is 6.11. The van der Waals surface area contributed by atoms with Crippen LogP contribution in [-0.2, 0) is 0 Å². The molecule has 2 aromatic rings. The molecule has 0 radical (unpaired) electrons. The summed E-state index contributed by atoms with van der Waals surface area (Å²) in [5, 5.41) is 12.5. The minimum Gasteiger partial charge on any atom is -0.490 e. The maximum Gasteiger partial charge on any atom is 0.254 e. The predicted octanol–water partition coefficient (Wildman–Crippen LogP) is 2.68. The molecule has 0 aliphatic rings. The number of aromatic nitrogens is 1. The zero-order chi connectivity index (χ0) is 15.9. The second kappa shape index (κ2) is 8.07. The van der Waals surface area contributed by atoms with Gasteiger partial charge in [-0.2, -0.15) is 0 Å². The number of ether oxygens (including phenoxy) is 1. The summed E-state index contributed by atoms with van der Waals surface area (Å²) in [4.78, 5) is 14.7. The number of para-hydroxylation sites is 1. The van der Waals surface area contributed by atoms with Crippen molar-refractivity contribution in [3.63, 3.8) is 0 Å². The first kappa shape index (κ1) is 16.7. The van der Waals surface area contributed by atoms with Crippen LogP contribution >= 0.6 is 28.1 Å². The molecule has 0 spiro atoms. The van der Waals surface area contributed by atoms with E-state index in [-0.39, 0.29) is 19.1 Å². The highest BCUT2D eigenvalue weighted by Gasteiger charge is 2.11. The molecule has 0 fully saturated rings. The van der Waals surface area contributed by atoms with E-state index in [1.54, 1.807) is 24.4 Å². The van der Waals surface area contributed by atoms with E-state index in [0.29, 0.717) is 16.0 Å². The highest BCUT2D eigenvalue weighted by atomic mass is 79.9. The highest BCUT2D eigenvalue weighted by molar-refractivity contribution is 9.10. The number of benzene rings is 1. The van der Waals surface area contributed by atoms with Crippen molar-refractivity contribution >= 4 is 34.1 Å². The molecule has 22 heavy (non-hydrogen) atoms. The molecule has 0 saturated carbocycles. The summed E-state index contributed by atoms with van der Waals surface area (Å²) in [6.45, 7) is 0.150. The van der Waals surface area contributed by atoms with E-state index in [1.807, 2.05) is 18.2 Å². The quantitative estimate of drug-likeness (QED) is 0.671. The second-order valence-corrected chi connectivity index (χ2v) is 5.78. The van der Waals surface area contributed by atoms with Gasteiger partial charge in [-0.25, -0.2) is 0 Å². The average molecular weight is 383 g/mol. The smallest absolute Gasteiger partial charge is 0.254 e. The molecule has 1 aromatic carbocycles.